The average Bonchev–Trinajstić information content (AvgIpc) is 2.62. The molecule has 0 aliphatic rings. The lowest BCUT2D eigenvalue weighted by Crippen LogP contribution is -2.03. The number of halogens is 1. The van der Waals surface area contributed by atoms with Crippen LogP contribution in [0.1, 0.15) is 10.4 Å². The van der Waals surface area contributed by atoms with Crippen molar-refractivity contribution in [3.8, 4) is 0 Å². The molecule has 2 aromatic rings. The van der Waals surface area contributed by atoms with Crippen LogP contribution in [0.5, 0.6) is 0 Å². The summed E-state index contributed by atoms with van der Waals surface area (Å²) in [5.74, 6) is -0.361. The fraction of sp³-hybridized carbons (Fsp3) is 0.111. The van der Waals surface area contributed by atoms with Crippen molar-refractivity contribution >= 4 is 27.4 Å². The van der Waals surface area contributed by atoms with E-state index in [1.807, 2.05) is 4.40 Å². The molecule has 0 aromatic carbocycles. The Balaban J connectivity index is 2.64. The van der Waals surface area contributed by atoms with Gasteiger partial charge in [-0.15, -0.1) is 0 Å². The quantitative estimate of drug-likeness (QED) is 0.731. The molecular formula is C9H7BrN2O2. The Morgan fingerprint density at radius 1 is 1.64 bits per heavy atom. The minimum Gasteiger partial charge on any atom is -0.465 e. The second-order valence-electron chi connectivity index (χ2n) is 2.75. The SMILES string of the molecule is COC(=O)c1cc2cncn2cc1Br. The van der Waals surface area contributed by atoms with Crippen LogP contribution in [-0.4, -0.2) is 22.5 Å². The zero-order valence-corrected chi connectivity index (χ0v) is 8.98. The van der Waals surface area contributed by atoms with Gasteiger partial charge in [-0.1, -0.05) is 0 Å². The molecule has 2 aromatic heterocycles. The summed E-state index contributed by atoms with van der Waals surface area (Å²) in [7, 11) is 1.36. The minimum atomic E-state index is -0.361. The van der Waals surface area contributed by atoms with E-state index in [1.54, 1.807) is 24.8 Å². The second-order valence-corrected chi connectivity index (χ2v) is 3.61. The highest BCUT2D eigenvalue weighted by Gasteiger charge is 2.11. The molecule has 0 aliphatic carbocycles. The van der Waals surface area contributed by atoms with Crippen molar-refractivity contribution in [1.29, 1.82) is 0 Å². The summed E-state index contributed by atoms with van der Waals surface area (Å²) >= 11 is 3.29. The number of nitrogens with zero attached hydrogens (tertiary/aromatic N) is 2. The molecule has 2 rings (SSSR count). The number of hydrogen-bond acceptors (Lipinski definition) is 3. The van der Waals surface area contributed by atoms with Crippen molar-refractivity contribution in [2.45, 2.75) is 0 Å². The van der Waals surface area contributed by atoms with Gasteiger partial charge in [0.1, 0.15) is 0 Å². The molecule has 0 unspecified atom stereocenters. The molecule has 4 nitrogen and oxygen atoms in total. The van der Waals surface area contributed by atoms with Crippen molar-refractivity contribution in [2.24, 2.45) is 0 Å². The van der Waals surface area contributed by atoms with Crippen LogP contribution >= 0.6 is 15.9 Å². The molecule has 0 spiro atoms. The Bertz CT molecular complexity index is 493. The third-order valence-corrected chi connectivity index (χ3v) is 2.54. The highest BCUT2D eigenvalue weighted by atomic mass is 79.9. The first-order valence-electron chi connectivity index (χ1n) is 3.92. The summed E-state index contributed by atoms with van der Waals surface area (Å²) in [6.45, 7) is 0. The third kappa shape index (κ3) is 1.39. The molecule has 0 saturated heterocycles. The number of rotatable bonds is 1. The average molecular weight is 255 g/mol. The van der Waals surface area contributed by atoms with E-state index in [0.717, 1.165) is 5.52 Å². The van der Waals surface area contributed by atoms with E-state index in [1.165, 1.54) is 7.11 Å². The number of esters is 1. The van der Waals surface area contributed by atoms with Crippen LogP contribution in [0, 0.1) is 0 Å². The number of imidazole rings is 1. The number of fused-ring (bicyclic) bond motifs is 1. The lowest BCUT2D eigenvalue weighted by Gasteiger charge is -2.03. The van der Waals surface area contributed by atoms with Gasteiger partial charge < -0.3 is 9.14 Å². The minimum absolute atomic E-state index is 0.361. The number of carbonyl (C=O) groups is 1. The zero-order valence-electron chi connectivity index (χ0n) is 7.40. The summed E-state index contributed by atoms with van der Waals surface area (Å²) in [6.07, 6.45) is 5.12. The topological polar surface area (TPSA) is 43.6 Å². The maximum Gasteiger partial charge on any atom is 0.339 e. The number of ether oxygens (including phenoxy) is 1. The molecule has 2 heterocycles. The standard InChI is InChI=1S/C9H7BrN2O2/c1-14-9(13)7-2-6-3-11-5-12(6)4-8(7)10/h2-5H,1H3. The van der Waals surface area contributed by atoms with Gasteiger partial charge in [0.25, 0.3) is 0 Å². The Labute approximate surface area is 88.6 Å². The number of carbonyl (C=O) groups excluding carboxylic acids is 1. The smallest absolute Gasteiger partial charge is 0.339 e. The second kappa shape index (κ2) is 3.42. The fourth-order valence-electron chi connectivity index (χ4n) is 1.21. The van der Waals surface area contributed by atoms with E-state index >= 15 is 0 Å². The van der Waals surface area contributed by atoms with Crippen LogP contribution < -0.4 is 0 Å². The predicted molar refractivity (Wildman–Crippen MR) is 54.2 cm³/mol. The molecule has 14 heavy (non-hydrogen) atoms. The van der Waals surface area contributed by atoms with Crippen molar-refractivity contribution in [3.63, 3.8) is 0 Å². The van der Waals surface area contributed by atoms with Gasteiger partial charge in [-0.2, -0.15) is 0 Å². The first-order valence-corrected chi connectivity index (χ1v) is 4.71. The monoisotopic (exact) mass is 254 g/mol. The lowest BCUT2D eigenvalue weighted by atomic mass is 10.2. The van der Waals surface area contributed by atoms with Crippen LogP contribution in [0.4, 0.5) is 0 Å². The van der Waals surface area contributed by atoms with Crippen molar-refractivity contribution < 1.29 is 9.53 Å². The maximum absolute atomic E-state index is 11.3. The van der Waals surface area contributed by atoms with Crippen molar-refractivity contribution in [2.75, 3.05) is 7.11 Å². The van der Waals surface area contributed by atoms with E-state index in [-0.39, 0.29) is 5.97 Å². The molecule has 0 radical (unpaired) electrons. The molecule has 0 N–H and O–H groups in total. The van der Waals surface area contributed by atoms with Gasteiger partial charge in [-0.3, -0.25) is 0 Å². The van der Waals surface area contributed by atoms with Crippen LogP contribution in [0.15, 0.2) is 29.3 Å². The molecule has 0 amide bonds. The Hall–Kier alpha value is -1.36. The van der Waals surface area contributed by atoms with E-state index in [2.05, 4.69) is 25.7 Å². The largest absolute Gasteiger partial charge is 0.465 e. The van der Waals surface area contributed by atoms with Crippen LogP contribution in [0.2, 0.25) is 0 Å². The van der Waals surface area contributed by atoms with Gasteiger partial charge in [0, 0.05) is 10.7 Å². The first kappa shape index (κ1) is 9.21. The van der Waals surface area contributed by atoms with Crippen molar-refractivity contribution in [3.05, 3.63) is 34.8 Å². The summed E-state index contributed by atoms with van der Waals surface area (Å²) in [5.41, 5.74) is 1.36. The van der Waals surface area contributed by atoms with Crippen LogP contribution in [0.3, 0.4) is 0 Å². The summed E-state index contributed by atoms with van der Waals surface area (Å²) in [6, 6.07) is 1.73. The highest BCUT2D eigenvalue weighted by Crippen LogP contribution is 2.19. The van der Waals surface area contributed by atoms with E-state index < -0.39 is 0 Å². The molecule has 0 atom stereocenters. The Morgan fingerprint density at radius 3 is 3.14 bits per heavy atom. The lowest BCUT2D eigenvalue weighted by molar-refractivity contribution is 0.0599. The van der Waals surface area contributed by atoms with Crippen LogP contribution in [-0.2, 0) is 4.74 Å². The van der Waals surface area contributed by atoms with Crippen LogP contribution in [0.25, 0.3) is 5.52 Å². The molecule has 5 heteroatoms. The van der Waals surface area contributed by atoms with E-state index in [4.69, 9.17) is 0 Å². The van der Waals surface area contributed by atoms with Crippen molar-refractivity contribution in [1.82, 2.24) is 9.38 Å². The number of aromatic nitrogens is 2. The molecule has 0 fully saturated rings. The van der Waals surface area contributed by atoms with Gasteiger partial charge >= 0.3 is 5.97 Å². The predicted octanol–water partition coefficient (Wildman–Crippen LogP) is 1.88. The number of pyridine rings is 1. The first-order chi connectivity index (χ1) is 6.72. The van der Waals surface area contributed by atoms with Gasteiger partial charge in [0.05, 0.1) is 30.7 Å². The number of hydrogen-bond donors (Lipinski definition) is 0. The fourth-order valence-corrected chi connectivity index (χ4v) is 1.71. The summed E-state index contributed by atoms with van der Waals surface area (Å²) < 4.78 is 7.15. The molecular weight excluding hydrogens is 248 g/mol. The third-order valence-electron chi connectivity index (χ3n) is 1.90. The Morgan fingerprint density at radius 2 is 2.43 bits per heavy atom. The Kier molecular flexibility index (Phi) is 2.25. The van der Waals surface area contributed by atoms with Gasteiger partial charge in [-0.25, -0.2) is 9.78 Å². The zero-order chi connectivity index (χ0) is 10.1. The summed E-state index contributed by atoms with van der Waals surface area (Å²) in [4.78, 5) is 15.3. The molecule has 0 saturated carbocycles. The highest BCUT2D eigenvalue weighted by molar-refractivity contribution is 9.10. The maximum atomic E-state index is 11.3. The normalized spacial score (nSPS) is 10.4. The van der Waals surface area contributed by atoms with E-state index in [9.17, 15) is 4.79 Å². The van der Waals surface area contributed by atoms with E-state index in [0.29, 0.717) is 10.0 Å². The molecule has 72 valence electrons. The molecule has 0 aliphatic heterocycles. The van der Waals surface area contributed by atoms with Gasteiger partial charge in [0.2, 0.25) is 0 Å². The van der Waals surface area contributed by atoms with Gasteiger partial charge in [-0.05, 0) is 22.0 Å². The number of methoxy groups -OCH3 is 1. The molecule has 0 bridgehead atoms. The summed E-state index contributed by atoms with van der Waals surface area (Å²) in [5, 5.41) is 0. The van der Waals surface area contributed by atoms with Gasteiger partial charge in [0.15, 0.2) is 0 Å².